The highest BCUT2D eigenvalue weighted by Crippen LogP contribution is 2.07. The van der Waals surface area contributed by atoms with Gasteiger partial charge in [0.2, 0.25) is 0 Å². The van der Waals surface area contributed by atoms with Gasteiger partial charge in [-0.15, -0.1) is 0 Å². The van der Waals surface area contributed by atoms with Crippen LogP contribution in [0.3, 0.4) is 0 Å². The Morgan fingerprint density at radius 3 is 1.62 bits per heavy atom. The summed E-state index contributed by atoms with van der Waals surface area (Å²) in [6.45, 7) is 8.70. The first-order valence-electron chi connectivity index (χ1n) is 5.12. The Bertz CT molecular complexity index is 112. The SMILES string of the molecule is C1CNCCN1.CC1(N)CCNC1. The lowest BCUT2D eigenvalue weighted by Crippen LogP contribution is -2.39. The van der Waals surface area contributed by atoms with Gasteiger partial charge in [-0.25, -0.2) is 0 Å². The first kappa shape index (κ1) is 10.9. The van der Waals surface area contributed by atoms with Gasteiger partial charge in [-0.05, 0) is 19.9 Å². The fourth-order valence-corrected chi connectivity index (χ4v) is 1.44. The van der Waals surface area contributed by atoms with E-state index in [2.05, 4.69) is 22.9 Å². The van der Waals surface area contributed by atoms with Crippen molar-refractivity contribution >= 4 is 0 Å². The molecule has 0 aromatic carbocycles. The van der Waals surface area contributed by atoms with Gasteiger partial charge < -0.3 is 21.7 Å². The van der Waals surface area contributed by atoms with Crippen molar-refractivity contribution in [3.05, 3.63) is 0 Å². The van der Waals surface area contributed by atoms with Crippen molar-refractivity contribution in [3.63, 3.8) is 0 Å². The van der Waals surface area contributed by atoms with Crippen molar-refractivity contribution in [1.29, 1.82) is 0 Å². The van der Waals surface area contributed by atoms with Gasteiger partial charge >= 0.3 is 0 Å². The van der Waals surface area contributed by atoms with Crippen LogP contribution in [-0.2, 0) is 0 Å². The van der Waals surface area contributed by atoms with Crippen LogP contribution in [0.4, 0.5) is 0 Å². The van der Waals surface area contributed by atoms with Crippen LogP contribution in [0, 0.1) is 0 Å². The zero-order chi connectivity index (χ0) is 9.57. The van der Waals surface area contributed by atoms with E-state index in [0.29, 0.717) is 0 Å². The maximum Gasteiger partial charge on any atom is 0.0264 e. The fourth-order valence-electron chi connectivity index (χ4n) is 1.44. The van der Waals surface area contributed by atoms with Gasteiger partial charge in [-0.2, -0.15) is 0 Å². The van der Waals surface area contributed by atoms with E-state index in [-0.39, 0.29) is 5.54 Å². The molecular formula is C9H22N4. The highest BCUT2D eigenvalue weighted by molar-refractivity contribution is 4.87. The van der Waals surface area contributed by atoms with Crippen LogP contribution < -0.4 is 21.7 Å². The zero-order valence-electron chi connectivity index (χ0n) is 8.53. The van der Waals surface area contributed by atoms with Gasteiger partial charge in [0.25, 0.3) is 0 Å². The molecule has 5 N–H and O–H groups in total. The third-order valence-corrected chi connectivity index (χ3v) is 2.36. The van der Waals surface area contributed by atoms with Gasteiger partial charge in [-0.3, -0.25) is 0 Å². The molecular weight excluding hydrogens is 164 g/mol. The molecule has 0 aromatic rings. The van der Waals surface area contributed by atoms with E-state index < -0.39 is 0 Å². The number of nitrogens with two attached hydrogens (primary N) is 1. The average molecular weight is 186 g/mol. The molecule has 2 heterocycles. The minimum atomic E-state index is 0.0833. The molecule has 2 fully saturated rings. The molecule has 2 saturated heterocycles. The Hall–Kier alpha value is -0.160. The monoisotopic (exact) mass is 186 g/mol. The van der Waals surface area contributed by atoms with E-state index in [1.54, 1.807) is 0 Å². The van der Waals surface area contributed by atoms with Gasteiger partial charge in [0, 0.05) is 38.3 Å². The lowest BCUT2D eigenvalue weighted by atomic mass is 10.0. The second kappa shape index (κ2) is 5.54. The average Bonchev–Trinajstić information content (AvgIpc) is 2.54. The lowest BCUT2D eigenvalue weighted by molar-refractivity contribution is 0.519. The summed E-state index contributed by atoms with van der Waals surface area (Å²) in [6.07, 6.45) is 1.12. The van der Waals surface area contributed by atoms with Crippen molar-refractivity contribution in [2.24, 2.45) is 5.73 Å². The third-order valence-electron chi connectivity index (χ3n) is 2.36. The molecule has 1 unspecified atom stereocenters. The van der Waals surface area contributed by atoms with Gasteiger partial charge in [0.15, 0.2) is 0 Å². The predicted octanol–water partition coefficient (Wildman–Crippen LogP) is -1.12. The molecule has 0 bridgehead atoms. The standard InChI is InChI=1S/C5H12N2.C4H10N2/c1-5(6)2-3-7-4-5;1-2-6-4-3-5-1/h7H,2-4,6H2,1H3;5-6H,1-4H2. The summed E-state index contributed by atoms with van der Waals surface area (Å²) >= 11 is 0. The minimum absolute atomic E-state index is 0.0833. The fraction of sp³-hybridized carbons (Fsp3) is 1.00. The van der Waals surface area contributed by atoms with Gasteiger partial charge in [0.05, 0.1) is 0 Å². The molecule has 4 heteroatoms. The highest BCUT2D eigenvalue weighted by atomic mass is 15.0. The van der Waals surface area contributed by atoms with Crippen molar-refractivity contribution in [2.45, 2.75) is 18.9 Å². The van der Waals surface area contributed by atoms with Crippen LogP contribution in [0.25, 0.3) is 0 Å². The molecule has 0 amide bonds. The molecule has 0 aliphatic carbocycles. The van der Waals surface area contributed by atoms with Gasteiger partial charge in [0.1, 0.15) is 0 Å². The Morgan fingerprint density at radius 1 is 0.923 bits per heavy atom. The minimum Gasteiger partial charge on any atom is -0.324 e. The summed E-state index contributed by atoms with van der Waals surface area (Å²) in [7, 11) is 0. The number of rotatable bonds is 0. The molecule has 0 radical (unpaired) electrons. The van der Waals surface area contributed by atoms with Crippen molar-refractivity contribution in [3.8, 4) is 0 Å². The largest absolute Gasteiger partial charge is 0.324 e. The summed E-state index contributed by atoms with van der Waals surface area (Å²) < 4.78 is 0. The van der Waals surface area contributed by atoms with Gasteiger partial charge in [-0.1, -0.05) is 0 Å². The smallest absolute Gasteiger partial charge is 0.0264 e. The zero-order valence-corrected chi connectivity index (χ0v) is 8.53. The number of hydrogen-bond acceptors (Lipinski definition) is 4. The van der Waals surface area contributed by atoms with E-state index in [1.165, 1.54) is 0 Å². The van der Waals surface area contributed by atoms with Crippen LogP contribution in [0.5, 0.6) is 0 Å². The number of piperazine rings is 1. The summed E-state index contributed by atoms with van der Waals surface area (Å²) in [5, 5.41) is 9.63. The Kier molecular flexibility index (Phi) is 4.66. The number of hydrogen-bond donors (Lipinski definition) is 4. The molecule has 4 nitrogen and oxygen atoms in total. The molecule has 2 aliphatic rings. The van der Waals surface area contributed by atoms with Crippen molar-refractivity contribution in [2.75, 3.05) is 39.3 Å². The molecule has 0 saturated carbocycles. The van der Waals surface area contributed by atoms with Crippen LogP contribution in [0.15, 0.2) is 0 Å². The molecule has 1 atom stereocenters. The molecule has 0 aromatic heterocycles. The van der Waals surface area contributed by atoms with E-state index >= 15 is 0 Å². The number of nitrogens with one attached hydrogen (secondary N) is 3. The first-order chi connectivity index (χ1) is 6.21. The topological polar surface area (TPSA) is 62.1 Å². The summed E-state index contributed by atoms with van der Waals surface area (Å²) in [5.74, 6) is 0. The van der Waals surface area contributed by atoms with Crippen molar-refractivity contribution < 1.29 is 0 Å². The van der Waals surface area contributed by atoms with Crippen LogP contribution in [-0.4, -0.2) is 44.8 Å². The highest BCUT2D eigenvalue weighted by Gasteiger charge is 2.22. The molecule has 13 heavy (non-hydrogen) atoms. The summed E-state index contributed by atoms with van der Waals surface area (Å²) in [5.41, 5.74) is 5.80. The molecule has 78 valence electrons. The van der Waals surface area contributed by atoms with Crippen molar-refractivity contribution in [1.82, 2.24) is 16.0 Å². The van der Waals surface area contributed by atoms with Crippen LogP contribution >= 0.6 is 0 Å². The van der Waals surface area contributed by atoms with Crippen LogP contribution in [0.1, 0.15) is 13.3 Å². The van der Waals surface area contributed by atoms with E-state index in [0.717, 1.165) is 45.7 Å². The quantitative estimate of drug-likeness (QED) is 0.387. The maximum absolute atomic E-state index is 5.72. The van der Waals surface area contributed by atoms with E-state index in [9.17, 15) is 0 Å². The van der Waals surface area contributed by atoms with E-state index in [1.807, 2.05) is 0 Å². The Morgan fingerprint density at radius 2 is 1.46 bits per heavy atom. The van der Waals surface area contributed by atoms with Crippen LogP contribution in [0.2, 0.25) is 0 Å². The first-order valence-corrected chi connectivity index (χ1v) is 5.12. The second-order valence-corrected chi connectivity index (χ2v) is 4.08. The normalized spacial score (nSPS) is 33.7. The van der Waals surface area contributed by atoms with E-state index in [4.69, 9.17) is 5.73 Å². The Labute approximate surface area is 80.6 Å². The predicted molar refractivity (Wildman–Crippen MR) is 55.8 cm³/mol. The second-order valence-electron chi connectivity index (χ2n) is 4.08. The summed E-state index contributed by atoms with van der Waals surface area (Å²) in [4.78, 5) is 0. The lowest BCUT2D eigenvalue weighted by Gasteiger charge is -2.13. The molecule has 2 rings (SSSR count). The molecule has 0 spiro atoms. The Balaban J connectivity index is 0.000000132. The maximum atomic E-state index is 5.72. The molecule has 2 aliphatic heterocycles. The summed E-state index contributed by atoms with van der Waals surface area (Å²) in [6, 6.07) is 0. The third kappa shape index (κ3) is 5.21.